The molecule has 1 aromatic carbocycles. The molecule has 1 unspecified atom stereocenters. The van der Waals surface area contributed by atoms with E-state index in [0.717, 1.165) is 0 Å². The third kappa shape index (κ3) is 2.99. The van der Waals surface area contributed by atoms with Gasteiger partial charge in [0.15, 0.2) is 0 Å². The second kappa shape index (κ2) is 4.95. The first-order valence-electron chi connectivity index (χ1n) is 5.55. The Morgan fingerprint density at radius 3 is 2.83 bits per heavy atom. The van der Waals surface area contributed by atoms with Crippen LogP contribution in [0.3, 0.4) is 0 Å². The van der Waals surface area contributed by atoms with Crippen LogP contribution in [0.25, 0.3) is 0 Å². The number of phenols is 1. The van der Waals surface area contributed by atoms with Crippen LogP contribution in [0.4, 0.5) is 0 Å². The zero-order chi connectivity index (χ0) is 13.2. The summed E-state index contributed by atoms with van der Waals surface area (Å²) in [5, 5.41) is 11.9. The van der Waals surface area contributed by atoms with Gasteiger partial charge in [0.2, 0.25) is 15.9 Å². The number of carbonyl (C=O) groups is 1. The van der Waals surface area contributed by atoms with Gasteiger partial charge in [-0.25, -0.2) is 13.1 Å². The van der Waals surface area contributed by atoms with Crippen molar-refractivity contribution in [3.8, 4) is 5.75 Å². The summed E-state index contributed by atoms with van der Waals surface area (Å²) in [7, 11) is -3.65. The average Bonchev–Trinajstić information content (AvgIpc) is 2.73. The maximum atomic E-state index is 11.9. The third-order valence-corrected chi connectivity index (χ3v) is 4.15. The summed E-state index contributed by atoms with van der Waals surface area (Å²) in [5.74, 6) is -0.163. The van der Waals surface area contributed by atoms with E-state index in [9.17, 15) is 18.3 Å². The Morgan fingerprint density at radius 1 is 1.44 bits per heavy atom. The average molecular weight is 270 g/mol. The van der Waals surface area contributed by atoms with Crippen LogP contribution < -0.4 is 10.0 Å². The number of benzene rings is 1. The van der Waals surface area contributed by atoms with Gasteiger partial charge in [-0.3, -0.25) is 4.79 Å². The van der Waals surface area contributed by atoms with Crippen molar-refractivity contribution in [2.24, 2.45) is 0 Å². The van der Waals surface area contributed by atoms with E-state index in [0.29, 0.717) is 12.8 Å². The van der Waals surface area contributed by atoms with Crippen molar-refractivity contribution in [1.29, 1.82) is 0 Å². The molecule has 1 aromatic rings. The normalized spacial score (nSPS) is 19.8. The Kier molecular flexibility index (Phi) is 3.53. The lowest BCUT2D eigenvalue weighted by atomic mass is 10.2. The summed E-state index contributed by atoms with van der Waals surface area (Å²) >= 11 is 0. The van der Waals surface area contributed by atoms with Gasteiger partial charge < -0.3 is 10.4 Å². The van der Waals surface area contributed by atoms with Crippen LogP contribution in [0, 0.1) is 0 Å². The molecule has 6 nitrogen and oxygen atoms in total. The van der Waals surface area contributed by atoms with Crippen LogP contribution in [-0.4, -0.2) is 32.0 Å². The van der Waals surface area contributed by atoms with Gasteiger partial charge in [-0.2, -0.15) is 0 Å². The summed E-state index contributed by atoms with van der Waals surface area (Å²) in [6.07, 6.45) is 1.06. The second-order valence-corrected chi connectivity index (χ2v) is 5.92. The summed E-state index contributed by atoms with van der Waals surface area (Å²) in [4.78, 5) is 11.0. The number of phenolic OH excluding ortho intramolecular Hbond substituents is 1. The van der Waals surface area contributed by atoms with E-state index in [1.807, 2.05) is 0 Å². The molecule has 0 saturated carbocycles. The highest BCUT2D eigenvalue weighted by Crippen LogP contribution is 2.16. The molecule has 0 aromatic heterocycles. The smallest absolute Gasteiger partial charge is 0.240 e. The topological polar surface area (TPSA) is 95.5 Å². The van der Waals surface area contributed by atoms with Crippen LogP contribution in [0.1, 0.15) is 12.8 Å². The predicted molar refractivity (Wildman–Crippen MR) is 64.5 cm³/mol. The number of amides is 1. The monoisotopic (exact) mass is 270 g/mol. The molecular weight excluding hydrogens is 256 g/mol. The van der Waals surface area contributed by atoms with Gasteiger partial charge in [0.25, 0.3) is 0 Å². The summed E-state index contributed by atoms with van der Waals surface area (Å²) in [6.45, 7) is 0.156. The van der Waals surface area contributed by atoms with Crippen molar-refractivity contribution in [3.05, 3.63) is 24.3 Å². The van der Waals surface area contributed by atoms with E-state index in [-0.39, 0.29) is 29.1 Å². The quantitative estimate of drug-likeness (QED) is 0.714. The molecule has 1 heterocycles. The van der Waals surface area contributed by atoms with Gasteiger partial charge in [0, 0.05) is 19.0 Å². The Balaban J connectivity index is 2.01. The fraction of sp³-hybridized carbons (Fsp3) is 0.364. The molecule has 0 radical (unpaired) electrons. The van der Waals surface area contributed by atoms with Crippen molar-refractivity contribution >= 4 is 15.9 Å². The molecule has 18 heavy (non-hydrogen) atoms. The zero-order valence-electron chi connectivity index (χ0n) is 9.59. The highest BCUT2D eigenvalue weighted by Gasteiger charge is 2.23. The minimum atomic E-state index is -3.65. The molecule has 1 aliphatic rings. The van der Waals surface area contributed by atoms with Crippen molar-refractivity contribution in [2.75, 3.05) is 6.54 Å². The third-order valence-electron chi connectivity index (χ3n) is 2.73. The summed E-state index contributed by atoms with van der Waals surface area (Å²) < 4.78 is 26.2. The molecule has 98 valence electrons. The first-order valence-corrected chi connectivity index (χ1v) is 7.04. The molecule has 2 rings (SSSR count). The number of sulfonamides is 1. The van der Waals surface area contributed by atoms with Gasteiger partial charge in [-0.05, 0) is 24.6 Å². The number of carbonyl (C=O) groups excluding carboxylic acids is 1. The van der Waals surface area contributed by atoms with Crippen LogP contribution in [0.2, 0.25) is 0 Å². The largest absolute Gasteiger partial charge is 0.508 e. The molecule has 1 amide bonds. The molecule has 7 heteroatoms. The van der Waals surface area contributed by atoms with Crippen molar-refractivity contribution in [1.82, 2.24) is 10.0 Å². The Morgan fingerprint density at radius 2 is 2.22 bits per heavy atom. The Labute approximate surface area is 105 Å². The van der Waals surface area contributed by atoms with E-state index in [4.69, 9.17) is 0 Å². The number of nitrogens with one attached hydrogen (secondary N) is 2. The second-order valence-electron chi connectivity index (χ2n) is 4.15. The predicted octanol–water partition coefficient (Wildman–Crippen LogP) is -0.0509. The summed E-state index contributed by atoms with van der Waals surface area (Å²) in [5.41, 5.74) is 0. The fourth-order valence-corrected chi connectivity index (χ4v) is 2.90. The van der Waals surface area contributed by atoms with Crippen LogP contribution in [-0.2, 0) is 14.8 Å². The van der Waals surface area contributed by atoms with Crippen LogP contribution in [0.15, 0.2) is 29.2 Å². The fourth-order valence-electron chi connectivity index (χ4n) is 1.77. The van der Waals surface area contributed by atoms with Crippen molar-refractivity contribution < 1.29 is 18.3 Å². The van der Waals surface area contributed by atoms with Gasteiger partial charge in [0.1, 0.15) is 5.75 Å². The number of rotatable bonds is 4. The molecule has 1 fully saturated rings. The number of aromatic hydroxyl groups is 1. The van der Waals surface area contributed by atoms with E-state index >= 15 is 0 Å². The lowest BCUT2D eigenvalue weighted by Crippen LogP contribution is -2.38. The zero-order valence-corrected chi connectivity index (χ0v) is 10.4. The highest BCUT2D eigenvalue weighted by atomic mass is 32.2. The maximum absolute atomic E-state index is 11.9. The van der Waals surface area contributed by atoms with Crippen LogP contribution >= 0.6 is 0 Å². The molecule has 1 aliphatic heterocycles. The highest BCUT2D eigenvalue weighted by molar-refractivity contribution is 7.89. The van der Waals surface area contributed by atoms with Gasteiger partial charge in [-0.1, -0.05) is 6.07 Å². The van der Waals surface area contributed by atoms with Gasteiger partial charge >= 0.3 is 0 Å². The van der Waals surface area contributed by atoms with Gasteiger partial charge in [0.05, 0.1) is 4.90 Å². The molecule has 0 spiro atoms. The first kappa shape index (κ1) is 12.8. The Bertz CT molecular complexity index is 556. The molecule has 3 N–H and O–H groups in total. The number of hydrogen-bond donors (Lipinski definition) is 3. The van der Waals surface area contributed by atoms with Gasteiger partial charge in [-0.15, -0.1) is 0 Å². The number of hydrogen-bond acceptors (Lipinski definition) is 4. The molecule has 1 atom stereocenters. The lowest BCUT2D eigenvalue weighted by Gasteiger charge is -2.11. The Hall–Kier alpha value is -1.60. The molecule has 0 bridgehead atoms. The maximum Gasteiger partial charge on any atom is 0.240 e. The van der Waals surface area contributed by atoms with Crippen molar-refractivity contribution in [2.45, 2.75) is 23.8 Å². The van der Waals surface area contributed by atoms with Crippen LogP contribution in [0.5, 0.6) is 5.75 Å². The minimum absolute atomic E-state index is 0.00632. The SMILES string of the molecule is O=C1CCC(CNS(=O)(=O)c2cccc(O)c2)N1. The van der Waals surface area contributed by atoms with Crippen molar-refractivity contribution in [3.63, 3.8) is 0 Å². The summed E-state index contributed by atoms with van der Waals surface area (Å²) in [6, 6.07) is 5.27. The van der Waals surface area contributed by atoms with E-state index in [1.54, 1.807) is 0 Å². The molecular formula is C11H14N2O4S. The van der Waals surface area contributed by atoms with E-state index < -0.39 is 10.0 Å². The minimum Gasteiger partial charge on any atom is -0.508 e. The van der Waals surface area contributed by atoms with E-state index in [1.165, 1.54) is 24.3 Å². The molecule has 0 aliphatic carbocycles. The first-order chi connectivity index (χ1) is 8.47. The van der Waals surface area contributed by atoms with E-state index in [2.05, 4.69) is 10.0 Å². The molecule has 1 saturated heterocycles. The standard InChI is InChI=1S/C11H14N2O4S/c14-9-2-1-3-10(6-9)18(16,17)12-7-8-4-5-11(15)13-8/h1-3,6,8,12,14H,4-5,7H2,(H,13,15). The lowest BCUT2D eigenvalue weighted by molar-refractivity contribution is -0.119.